The fourth-order valence-electron chi connectivity index (χ4n) is 3.30. The van der Waals surface area contributed by atoms with Crippen LogP contribution < -0.4 is 0 Å². The van der Waals surface area contributed by atoms with Crippen LogP contribution in [-0.4, -0.2) is 38.9 Å². The zero-order valence-electron chi connectivity index (χ0n) is 14.3. The van der Waals surface area contributed by atoms with Crippen molar-refractivity contribution in [3.8, 4) is 11.3 Å². The third-order valence-electron chi connectivity index (χ3n) is 4.77. The summed E-state index contributed by atoms with van der Waals surface area (Å²) >= 11 is 6.17. The number of benzene rings is 2. The van der Waals surface area contributed by atoms with Gasteiger partial charge < -0.3 is 4.90 Å². The smallest absolute Gasteiger partial charge is 0.227 e. The van der Waals surface area contributed by atoms with E-state index in [4.69, 9.17) is 11.6 Å². The quantitative estimate of drug-likeness (QED) is 0.708. The number of carbonyl (C=O) groups excluding carboxylic acids is 1. The van der Waals surface area contributed by atoms with E-state index >= 15 is 0 Å². The zero-order chi connectivity index (χ0) is 17.9. The van der Waals surface area contributed by atoms with Gasteiger partial charge in [-0.05, 0) is 18.1 Å². The first kappa shape index (κ1) is 16.8. The molecule has 1 amide bonds. The molecule has 3 aromatic rings. The van der Waals surface area contributed by atoms with Gasteiger partial charge in [-0.1, -0.05) is 65.3 Å². The van der Waals surface area contributed by atoms with Crippen molar-refractivity contribution in [1.29, 1.82) is 0 Å². The van der Waals surface area contributed by atoms with E-state index in [1.165, 1.54) is 0 Å². The van der Waals surface area contributed by atoms with E-state index in [1.54, 1.807) is 0 Å². The maximum Gasteiger partial charge on any atom is 0.227 e. The lowest BCUT2D eigenvalue weighted by atomic mass is 10.1. The summed E-state index contributed by atoms with van der Waals surface area (Å²) < 4.78 is 1.88. The normalized spacial score (nSPS) is 16.8. The minimum atomic E-state index is 0.101. The second-order valence-corrected chi connectivity index (χ2v) is 6.91. The van der Waals surface area contributed by atoms with Crippen LogP contribution >= 0.6 is 11.6 Å². The fourth-order valence-corrected chi connectivity index (χ4v) is 3.50. The maximum atomic E-state index is 12.6. The van der Waals surface area contributed by atoms with Gasteiger partial charge in [0.05, 0.1) is 18.7 Å². The van der Waals surface area contributed by atoms with Gasteiger partial charge in [-0.15, -0.1) is 5.10 Å². The van der Waals surface area contributed by atoms with Crippen LogP contribution in [-0.2, 0) is 11.2 Å². The molecule has 5 nitrogen and oxygen atoms in total. The van der Waals surface area contributed by atoms with Gasteiger partial charge in [-0.2, -0.15) is 0 Å². The molecule has 0 saturated carbocycles. The molecule has 0 aliphatic carbocycles. The molecule has 0 radical (unpaired) electrons. The highest BCUT2D eigenvalue weighted by Crippen LogP contribution is 2.25. The molecule has 1 aliphatic heterocycles. The van der Waals surface area contributed by atoms with E-state index in [0.717, 1.165) is 29.8 Å². The standard InChI is InChI=1S/C20H19ClN4O/c21-18-9-5-4-8-16(18)12-20(26)24-11-10-17(13-24)25-14-19(22-23-25)15-6-2-1-3-7-15/h1-9,14,17H,10-13H2. The molecule has 1 aliphatic rings. The lowest BCUT2D eigenvalue weighted by molar-refractivity contribution is -0.129. The van der Waals surface area contributed by atoms with Crippen LogP contribution in [0, 0.1) is 0 Å². The first-order valence-electron chi connectivity index (χ1n) is 8.69. The van der Waals surface area contributed by atoms with Crippen LogP contribution in [0.25, 0.3) is 11.3 Å². The summed E-state index contributed by atoms with van der Waals surface area (Å²) in [6.45, 7) is 1.38. The molecule has 4 rings (SSSR count). The van der Waals surface area contributed by atoms with Gasteiger partial charge >= 0.3 is 0 Å². The number of carbonyl (C=O) groups is 1. The number of likely N-dealkylation sites (tertiary alicyclic amines) is 1. The van der Waals surface area contributed by atoms with Gasteiger partial charge in [0.2, 0.25) is 5.91 Å². The minimum absolute atomic E-state index is 0.101. The Balaban J connectivity index is 1.42. The molecule has 0 spiro atoms. The summed E-state index contributed by atoms with van der Waals surface area (Å²) in [5.74, 6) is 0.101. The van der Waals surface area contributed by atoms with Crippen LogP contribution in [0.4, 0.5) is 0 Å². The van der Waals surface area contributed by atoms with Crippen molar-refractivity contribution in [3.05, 3.63) is 71.4 Å². The molecule has 1 atom stereocenters. The number of halogens is 1. The summed E-state index contributed by atoms with van der Waals surface area (Å²) in [5.41, 5.74) is 2.77. The Labute approximate surface area is 157 Å². The average molecular weight is 367 g/mol. The highest BCUT2D eigenvalue weighted by molar-refractivity contribution is 6.31. The molecule has 1 fully saturated rings. The molecular formula is C20H19ClN4O. The van der Waals surface area contributed by atoms with E-state index in [0.29, 0.717) is 18.0 Å². The van der Waals surface area contributed by atoms with E-state index in [1.807, 2.05) is 70.4 Å². The fraction of sp³-hybridized carbons (Fsp3) is 0.250. The Morgan fingerprint density at radius 1 is 1.12 bits per heavy atom. The Morgan fingerprint density at radius 2 is 1.88 bits per heavy atom. The van der Waals surface area contributed by atoms with Crippen molar-refractivity contribution < 1.29 is 4.79 Å². The van der Waals surface area contributed by atoms with E-state index < -0.39 is 0 Å². The predicted octanol–water partition coefficient (Wildman–Crippen LogP) is 3.61. The van der Waals surface area contributed by atoms with Crippen LogP contribution in [0.3, 0.4) is 0 Å². The molecule has 132 valence electrons. The van der Waals surface area contributed by atoms with Gasteiger partial charge in [0, 0.05) is 23.7 Å². The molecular weight excluding hydrogens is 348 g/mol. The largest absolute Gasteiger partial charge is 0.340 e. The summed E-state index contributed by atoms with van der Waals surface area (Å²) in [6, 6.07) is 17.6. The molecule has 0 bridgehead atoms. The van der Waals surface area contributed by atoms with E-state index in [2.05, 4.69) is 10.3 Å². The second-order valence-electron chi connectivity index (χ2n) is 6.50. The van der Waals surface area contributed by atoms with Crippen molar-refractivity contribution >= 4 is 17.5 Å². The maximum absolute atomic E-state index is 12.6. The Bertz CT molecular complexity index is 909. The molecule has 2 heterocycles. The van der Waals surface area contributed by atoms with Crippen LogP contribution in [0.15, 0.2) is 60.8 Å². The summed E-state index contributed by atoms with van der Waals surface area (Å²) in [7, 11) is 0. The predicted molar refractivity (Wildman–Crippen MR) is 101 cm³/mol. The molecule has 26 heavy (non-hydrogen) atoms. The van der Waals surface area contributed by atoms with Crippen molar-refractivity contribution in [1.82, 2.24) is 19.9 Å². The zero-order valence-corrected chi connectivity index (χ0v) is 15.0. The lowest BCUT2D eigenvalue weighted by Crippen LogP contribution is -2.30. The highest BCUT2D eigenvalue weighted by atomic mass is 35.5. The van der Waals surface area contributed by atoms with Crippen molar-refractivity contribution in [3.63, 3.8) is 0 Å². The number of aromatic nitrogens is 3. The van der Waals surface area contributed by atoms with Gasteiger partial charge in [0.1, 0.15) is 5.69 Å². The third kappa shape index (κ3) is 3.48. The topological polar surface area (TPSA) is 51.0 Å². The molecule has 1 unspecified atom stereocenters. The number of amides is 1. The summed E-state index contributed by atoms with van der Waals surface area (Å²) in [6.07, 6.45) is 3.17. The minimum Gasteiger partial charge on any atom is -0.340 e. The number of hydrogen-bond donors (Lipinski definition) is 0. The van der Waals surface area contributed by atoms with Gasteiger partial charge in [-0.25, -0.2) is 4.68 Å². The van der Waals surface area contributed by atoms with Gasteiger partial charge in [0.25, 0.3) is 0 Å². The third-order valence-corrected chi connectivity index (χ3v) is 5.14. The molecule has 1 aromatic heterocycles. The number of hydrogen-bond acceptors (Lipinski definition) is 3. The molecule has 6 heteroatoms. The molecule has 0 N–H and O–H groups in total. The average Bonchev–Trinajstić information content (AvgIpc) is 3.34. The lowest BCUT2D eigenvalue weighted by Gasteiger charge is -2.17. The number of nitrogens with zero attached hydrogens (tertiary/aromatic N) is 4. The Morgan fingerprint density at radius 3 is 2.69 bits per heavy atom. The van der Waals surface area contributed by atoms with Crippen LogP contribution in [0.2, 0.25) is 5.02 Å². The van der Waals surface area contributed by atoms with E-state index in [9.17, 15) is 4.79 Å². The van der Waals surface area contributed by atoms with Gasteiger partial charge in [0.15, 0.2) is 0 Å². The highest BCUT2D eigenvalue weighted by Gasteiger charge is 2.28. The van der Waals surface area contributed by atoms with Crippen molar-refractivity contribution in [2.24, 2.45) is 0 Å². The Hall–Kier alpha value is -2.66. The molecule has 1 saturated heterocycles. The second kappa shape index (κ2) is 7.30. The van der Waals surface area contributed by atoms with Crippen molar-refractivity contribution in [2.45, 2.75) is 18.9 Å². The SMILES string of the molecule is O=C(Cc1ccccc1Cl)N1CCC(n2cc(-c3ccccc3)nn2)C1. The molecule has 2 aromatic carbocycles. The first-order valence-corrected chi connectivity index (χ1v) is 9.07. The summed E-state index contributed by atoms with van der Waals surface area (Å²) in [4.78, 5) is 14.5. The van der Waals surface area contributed by atoms with Crippen LogP contribution in [0.1, 0.15) is 18.0 Å². The first-order chi connectivity index (χ1) is 12.7. The summed E-state index contributed by atoms with van der Waals surface area (Å²) in [5, 5.41) is 9.19. The number of rotatable bonds is 4. The van der Waals surface area contributed by atoms with E-state index in [-0.39, 0.29) is 11.9 Å². The van der Waals surface area contributed by atoms with Gasteiger partial charge in [-0.3, -0.25) is 4.79 Å². The van der Waals surface area contributed by atoms with Crippen molar-refractivity contribution in [2.75, 3.05) is 13.1 Å². The monoisotopic (exact) mass is 366 g/mol. The van der Waals surface area contributed by atoms with Crippen LogP contribution in [0.5, 0.6) is 0 Å². The Kier molecular flexibility index (Phi) is 4.71.